The molecule has 0 spiro atoms. The highest BCUT2D eigenvalue weighted by Crippen LogP contribution is 2.37. The van der Waals surface area contributed by atoms with Crippen LogP contribution in [0.25, 0.3) is 6.08 Å². The fourth-order valence-corrected chi connectivity index (χ4v) is 4.01. The SMILES string of the molecule is N#C/C(=C\C1=C(N2CCOCC2)C(=C/c2ccccc2)/CC1)C(=O)Nc1ccccc1F. The van der Waals surface area contributed by atoms with Crippen LogP contribution in [0.1, 0.15) is 18.4 Å². The second kappa shape index (κ2) is 10.1. The number of hydrogen-bond donors (Lipinski definition) is 1. The van der Waals surface area contributed by atoms with E-state index in [0.717, 1.165) is 42.8 Å². The number of amides is 1. The molecule has 1 saturated heterocycles. The molecule has 0 bridgehead atoms. The maximum Gasteiger partial charge on any atom is 0.266 e. The molecule has 1 aliphatic heterocycles. The van der Waals surface area contributed by atoms with Crippen molar-refractivity contribution in [3.05, 3.63) is 94.5 Å². The van der Waals surface area contributed by atoms with Crippen molar-refractivity contribution >= 4 is 17.7 Å². The number of para-hydroxylation sites is 1. The van der Waals surface area contributed by atoms with Gasteiger partial charge in [-0.25, -0.2) is 4.39 Å². The highest BCUT2D eigenvalue weighted by atomic mass is 19.1. The molecular formula is C26H24FN3O2. The minimum Gasteiger partial charge on any atom is -0.378 e. The predicted molar refractivity (Wildman–Crippen MR) is 122 cm³/mol. The monoisotopic (exact) mass is 429 g/mol. The number of nitriles is 1. The molecular weight excluding hydrogens is 405 g/mol. The number of rotatable bonds is 5. The van der Waals surface area contributed by atoms with Crippen molar-refractivity contribution < 1.29 is 13.9 Å². The third-order valence-electron chi connectivity index (χ3n) is 5.55. The number of ether oxygens (including phenoxy) is 1. The fraction of sp³-hybridized carbons (Fsp3) is 0.231. The number of morpholine rings is 1. The third-order valence-corrected chi connectivity index (χ3v) is 5.55. The average Bonchev–Trinajstić information content (AvgIpc) is 3.22. The molecule has 1 N–H and O–H groups in total. The summed E-state index contributed by atoms with van der Waals surface area (Å²) in [5, 5.41) is 12.2. The predicted octanol–water partition coefficient (Wildman–Crippen LogP) is 4.68. The number of nitrogens with one attached hydrogen (secondary N) is 1. The lowest BCUT2D eigenvalue weighted by Crippen LogP contribution is -2.36. The normalized spacial score (nSPS) is 18.1. The first-order valence-electron chi connectivity index (χ1n) is 10.6. The zero-order valence-corrected chi connectivity index (χ0v) is 17.7. The zero-order valence-electron chi connectivity index (χ0n) is 17.7. The number of anilines is 1. The van der Waals surface area contributed by atoms with Gasteiger partial charge >= 0.3 is 0 Å². The first-order valence-corrected chi connectivity index (χ1v) is 10.6. The quantitative estimate of drug-likeness (QED) is 0.554. The Morgan fingerprint density at radius 3 is 2.50 bits per heavy atom. The molecule has 0 atom stereocenters. The van der Waals surface area contributed by atoms with Gasteiger partial charge in [0.2, 0.25) is 0 Å². The first-order chi connectivity index (χ1) is 15.7. The number of nitrogens with zero attached hydrogens (tertiary/aromatic N) is 2. The van der Waals surface area contributed by atoms with E-state index in [1.165, 1.54) is 17.7 Å². The van der Waals surface area contributed by atoms with Crippen molar-refractivity contribution in [1.29, 1.82) is 5.26 Å². The Labute approximate surface area is 187 Å². The van der Waals surface area contributed by atoms with Crippen molar-refractivity contribution in [2.24, 2.45) is 0 Å². The van der Waals surface area contributed by atoms with Crippen LogP contribution in [0.4, 0.5) is 10.1 Å². The summed E-state index contributed by atoms with van der Waals surface area (Å²) in [5.74, 6) is -1.16. The van der Waals surface area contributed by atoms with Crippen LogP contribution in [-0.2, 0) is 9.53 Å². The zero-order chi connectivity index (χ0) is 22.3. The lowest BCUT2D eigenvalue weighted by molar-refractivity contribution is -0.112. The number of hydrogen-bond acceptors (Lipinski definition) is 4. The fourth-order valence-electron chi connectivity index (χ4n) is 4.01. The standard InChI is InChI=1S/C26H24FN3O2/c27-23-8-4-5-9-24(23)29-26(31)22(18-28)17-21-11-10-20(16-19-6-2-1-3-7-19)25(21)30-12-14-32-15-13-30/h1-9,16-17H,10-15H2,(H,29,31)/b20-16+,22-17+. The summed E-state index contributed by atoms with van der Waals surface area (Å²) in [6.45, 7) is 2.78. The summed E-state index contributed by atoms with van der Waals surface area (Å²) in [5.41, 5.74) is 4.29. The Morgan fingerprint density at radius 2 is 1.78 bits per heavy atom. The molecule has 0 unspecified atom stereocenters. The largest absolute Gasteiger partial charge is 0.378 e. The van der Waals surface area contributed by atoms with E-state index in [2.05, 4.69) is 28.4 Å². The van der Waals surface area contributed by atoms with Crippen molar-refractivity contribution in [2.45, 2.75) is 12.8 Å². The molecule has 6 heteroatoms. The van der Waals surface area contributed by atoms with Crippen molar-refractivity contribution in [2.75, 3.05) is 31.6 Å². The summed E-state index contributed by atoms with van der Waals surface area (Å²) in [7, 11) is 0. The topological polar surface area (TPSA) is 65.4 Å². The van der Waals surface area contributed by atoms with Crippen LogP contribution in [0.3, 0.4) is 0 Å². The molecule has 1 amide bonds. The van der Waals surface area contributed by atoms with Gasteiger partial charge in [0.25, 0.3) is 5.91 Å². The summed E-state index contributed by atoms with van der Waals surface area (Å²) in [6.07, 6.45) is 5.36. The van der Waals surface area contributed by atoms with Gasteiger partial charge in [0.15, 0.2) is 0 Å². The molecule has 0 aromatic heterocycles. The number of benzene rings is 2. The summed E-state index contributed by atoms with van der Waals surface area (Å²) >= 11 is 0. The summed E-state index contributed by atoms with van der Waals surface area (Å²) < 4.78 is 19.4. The minimum atomic E-state index is -0.619. The third kappa shape index (κ3) is 4.96. The van der Waals surface area contributed by atoms with Crippen LogP contribution in [0.5, 0.6) is 0 Å². The van der Waals surface area contributed by atoms with Gasteiger partial charge in [-0.15, -0.1) is 0 Å². The van der Waals surface area contributed by atoms with E-state index in [1.807, 2.05) is 24.3 Å². The Balaban J connectivity index is 1.68. The van der Waals surface area contributed by atoms with E-state index < -0.39 is 11.7 Å². The van der Waals surface area contributed by atoms with Gasteiger partial charge < -0.3 is 15.0 Å². The molecule has 0 radical (unpaired) electrons. The van der Waals surface area contributed by atoms with Gasteiger partial charge in [-0.2, -0.15) is 5.26 Å². The molecule has 0 saturated carbocycles. The van der Waals surface area contributed by atoms with Crippen molar-refractivity contribution in [3.63, 3.8) is 0 Å². The molecule has 2 aromatic carbocycles. The van der Waals surface area contributed by atoms with E-state index in [9.17, 15) is 14.4 Å². The van der Waals surface area contributed by atoms with Crippen LogP contribution in [0.15, 0.2) is 83.1 Å². The molecule has 32 heavy (non-hydrogen) atoms. The number of carbonyl (C=O) groups excluding carboxylic acids is 1. The molecule has 162 valence electrons. The molecule has 1 heterocycles. The first kappa shape index (κ1) is 21.5. The van der Waals surface area contributed by atoms with Gasteiger partial charge in [0.1, 0.15) is 17.5 Å². The average molecular weight is 429 g/mol. The highest BCUT2D eigenvalue weighted by molar-refractivity contribution is 6.07. The van der Waals surface area contributed by atoms with Gasteiger partial charge in [-0.1, -0.05) is 42.5 Å². The lowest BCUT2D eigenvalue weighted by Gasteiger charge is -2.31. The molecule has 2 aliphatic rings. The van der Waals surface area contributed by atoms with Crippen molar-refractivity contribution in [1.82, 2.24) is 4.90 Å². The maximum absolute atomic E-state index is 13.9. The van der Waals surface area contributed by atoms with Gasteiger partial charge in [0.05, 0.1) is 18.9 Å². The molecule has 1 aliphatic carbocycles. The van der Waals surface area contributed by atoms with Crippen LogP contribution >= 0.6 is 0 Å². The van der Waals surface area contributed by atoms with Gasteiger partial charge in [0, 0.05) is 18.8 Å². The number of halogens is 1. The van der Waals surface area contributed by atoms with E-state index in [0.29, 0.717) is 13.2 Å². The van der Waals surface area contributed by atoms with Crippen LogP contribution in [0.2, 0.25) is 0 Å². The molecule has 4 rings (SSSR count). The summed E-state index contributed by atoms with van der Waals surface area (Å²) in [6, 6.07) is 18.0. The second-order valence-electron chi connectivity index (χ2n) is 7.66. The smallest absolute Gasteiger partial charge is 0.266 e. The molecule has 1 fully saturated rings. The van der Waals surface area contributed by atoms with Crippen LogP contribution in [-0.4, -0.2) is 37.1 Å². The molecule has 5 nitrogen and oxygen atoms in total. The molecule has 2 aromatic rings. The Bertz CT molecular complexity index is 1120. The lowest BCUT2D eigenvalue weighted by atomic mass is 10.1. The van der Waals surface area contributed by atoms with E-state index in [4.69, 9.17) is 4.74 Å². The van der Waals surface area contributed by atoms with Gasteiger partial charge in [-0.3, -0.25) is 4.79 Å². The highest BCUT2D eigenvalue weighted by Gasteiger charge is 2.26. The second-order valence-corrected chi connectivity index (χ2v) is 7.66. The van der Waals surface area contributed by atoms with E-state index >= 15 is 0 Å². The van der Waals surface area contributed by atoms with Crippen LogP contribution < -0.4 is 5.32 Å². The maximum atomic E-state index is 13.9. The summed E-state index contributed by atoms with van der Waals surface area (Å²) in [4.78, 5) is 15.0. The Kier molecular flexibility index (Phi) is 6.78. The Morgan fingerprint density at radius 1 is 1.06 bits per heavy atom. The Hall–Kier alpha value is -3.69. The van der Waals surface area contributed by atoms with Gasteiger partial charge in [-0.05, 0) is 53.8 Å². The number of carbonyl (C=O) groups is 1. The van der Waals surface area contributed by atoms with Crippen molar-refractivity contribution in [3.8, 4) is 6.07 Å². The number of allylic oxidation sites excluding steroid dienone is 3. The minimum absolute atomic E-state index is 0.0463. The van der Waals surface area contributed by atoms with E-state index in [1.54, 1.807) is 18.2 Å². The van der Waals surface area contributed by atoms with E-state index in [-0.39, 0.29) is 11.3 Å². The van der Waals surface area contributed by atoms with Crippen LogP contribution in [0, 0.1) is 17.1 Å².